The fourth-order valence-corrected chi connectivity index (χ4v) is 2.53. The Balaban J connectivity index is 1.76. The number of benzene rings is 2. The molecular formula is C19H18FNO2. The third-order valence-corrected chi connectivity index (χ3v) is 3.71. The van der Waals surface area contributed by atoms with Crippen LogP contribution in [0.25, 0.3) is 10.9 Å². The zero-order valence-electron chi connectivity index (χ0n) is 13.0. The molecule has 118 valence electrons. The van der Waals surface area contributed by atoms with Gasteiger partial charge in [0.05, 0.1) is 12.2 Å². The topological polar surface area (TPSA) is 31.2 Å². The Labute approximate surface area is 134 Å². The van der Waals surface area contributed by atoms with Gasteiger partial charge in [-0.3, -0.25) is 0 Å². The molecule has 0 aliphatic rings. The molecule has 0 saturated heterocycles. The first-order valence-electron chi connectivity index (χ1n) is 7.68. The minimum Gasteiger partial charge on any atom is -0.462 e. The average Bonchev–Trinajstić information content (AvgIpc) is 2.95. The zero-order valence-corrected chi connectivity index (χ0v) is 13.0. The summed E-state index contributed by atoms with van der Waals surface area (Å²) in [6.07, 6.45) is 2.75. The summed E-state index contributed by atoms with van der Waals surface area (Å²) in [5.41, 5.74) is 2.61. The van der Waals surface area contributed by atoms with Gasteiger partial charge < -0.3 is 9.30 Å². The van der Waals surface area contributed by atoms with Gasteiger partial charge in [0.25, 0.3) is 0 Å². The summed E-state index contributed by atoms with van der Waals surface area (Å²) in [7, 11) is 0. The van der Waals surface area contributed by atoms with Crippen molar-refractivity contribution >= 4 is 16.9 Å². The van der Waals surface area contributed by atoms with E-state index in [9.17, 15) is 9.18 Å². The molecule has 23 heavy (non-hydrogen) atoms. The number of rotatable bonds is 5. The van der Waals surface area contributed by atoms with Crippen LogP contribution in [0, 0.1) is 5.82 Å². The number of carbonyl (C=O) groups is 1. The molecule has 0 aliphatic heterocycles. The number of esters is 1. The maximum Gasteiger partial charge on any atom is 0.338 e. The second kappa shape index (κ2) is 6.65. The Kier molecular flexibility index (Phi) is 4.42. The van der Waals surface area contributed by atoms with Crippen molar-refractivity contribution in [1.82, 2.24) is 4.57 Å². The van der Waals surface area contributed by atoms with Crippen molar-refractivity contribution in [3.8, 4) is 0 Å². The predicted octanol–water partition coefficient (Wildman–Crippen LogP) is 4.40. The van der Waals surface area contributed by atoms with Gasteiger partial charge in [0.15, 0.2) is 0 Å². The van der Waals surface area contributed by atoms with Crippen LogP contribution in [0.4, 0.5) is 4.39 Å². The van der Waals surface area contributed by atoms with Crippen LogP contribution >= 0.6 is 0 Å². The second-order valence-electron chi connectivity index (χ2n) is 5.48. The molecule has 0 amide bonds. The molecule has 3 rings (SSSR count). The highest BCUT2D eigenvalue weighted by atomic mass is 19.1. The SMILES string of the molecule is CCCOC(=O)c1ccc(Cn2ccc3cc(F)ccc32)cc1. The summed E-state index contributed by atoms with van der Waals surface area (Å²) in [6.45, 7) is 3.07. The van der Waals surface area contributed by atoms with Gasteiger partial charge in [0.1, 0.15) is 5.82 Å². The number of carbonyl (C=O) groups excluding carboxylic acids is 1. The Bertz CT molecular complexity index is 821. The van der Waals surface area contributed by atoms with Crippen molar-refractivity contribution in [2.24, 2.45) is 0 Å². The molecule has 0 unspecified atom stereocenters. The van der Waals surface area contributed by atoms with Crippen molar-refractivity contribution in [2.75, 3.05) is 6.61 Å². The van der Waals surface area contributed by atoms with Crippen LogP contribution in [0.1, 0.15) is 29.3 Å². The van der Waals surface area contributed by atoms with Crippen LogP contribution in [0.2, 0.25) is 0 Å². The lowest BCUT2D eigenvalue weighted by Crippen LogP contribution is -2.06. The van der Waals surface area contributed by atoms with Gasteiger partial charge in [0.2, 0.25) is 0 Å². The van der Waals surface area contributed by atoms with E-state index in [2.05, 4.69) is 4.57 Å². The van der Waals surface area contributed by atoms with Crippen molar-refractivity contribution in [1.29, 1.82) is 0 Å². The number of nitrogens with zero attached hydrogens (tertiary/aromatic N) is 1. The van der Waals surface area contributed by atoms with Gasteiger partial charge in [-0.2, -0.15) is 0 Å². The Morgan fingerprint density at radius 2 is 1.91 bits per heavy atom. The highest BCUT2D eigenvalue weighted by Gasteiger charge is 2.07. The summed E-state index contributed by atoms with van der Waals surface area (Å²) in [6, 6.07) is 14.0. The molecule has 3 aromatic rings. The van der Waals surface area contributed by atoms with Gasteiger partial charge in [-0.1, -0.05) is 19.1 Å². The van der Waals surface area contributed by atoms with Crippen molar-refractivity contribution in [2.45, 2.75) is 19.9 Å². The van der Waals surface area contributed by atoms with E-state index in [1.54, 1.807) is 18.2 Å². The molecule has 0 atom stereocenters. The fraction of sp³-hybridized carbons (Fsp3) is 0.211. The lowest BCUT2D eigenvalue weighted by atomic mass is 10.1. The largest absolute Gasteiger partial charge is 0.462 e. The third-order valence-electron chi connectivity index (χ3n) is 3.71. The third kappa shape index (κ3) is 3.42. The first-order chi connectivity index (χ1) is 11.2. The molecule has 0 radical (unpaired) electrons. The van der Waals surface area contributed by atoms with Gasteiger partial charge in [-0.05, 0) is 48.4 Å². The lowest BCUT2D eigenvalue weighted by Gasteiger charge is -2.07. The van der Waals surface area contributed by atoms with Crippen LogP contribution < -0.4 is 0 Å². The zero-order chi connectivity index (χ0) is 16.2. The van der Waals surface area contributed by atoms with E-state index in [-0.39, 0.29) is 11.8 Å². The molecule has 0 spiro atoms. The van der Waals surface area contributed by atoms with Crippen molar-refractivity contribution in [3.05, 3.63) is 71.7 Å². The fourth-order valence-electron chi connectivity index (χ4n) is 2.53. The summed E-state index contributed by atoms with van der Waals surface area (Å²) in [5.74, 6) is -0.523. The maximum absolute atomic E-state index is 13.2. The number of ether oxygens (including phenoxy) is 1. The van der Waals surface area contributed by atoms with Crippen molar-refractivity contribution in [3.63, 3.8) is 0 Å². The Hall–Kier alpha value is -2.62. The van der Waals surface area contributed by atoms with Crippen LogP contribution in [0.15, 0.2) is 54.7 Å². The first-order valence-corrected chi connectivity index (χ1v) is 7.68. The number of hydrogen-bond acceptors (Lipinski definition) is 2. The Morgan fingerprint density at radius 3 is 2.65 bits per heavy atom. The normalized spacial score (nSPS) is 10.9. The van der Waals surface area contributed by atoms with E-state index in [1.807, 2.05) is 31.3 Å². The monoisotopic (exact) mass is 311 g/mol. The highest BCUT2D eigenvalue weighted by Crippen LogP contribution is 2.18. The number of halogens is 1. The standard InChI is InChI=1S/C19H18FNO2/c1-2-11-23-19(22)15-5-3-14(4-6-15)13-21-10-9-16-12-17(20)7-8-18(16)21/h3-10,12H,2,11,13H2,1H3. The summed E-state index contributed by atoms with van der Waals surface area (Å²) in [4.78, 5) is 11.8. The van der Waals surface area contributed by atoms with Crippen LogP contribution in [0.3, 0.4) is 0 Å². The maximum atomic E-state index is 13.2. The molecule has 1 aromatic heterocycles. The van der Waals surface area contributed by atoms with Crippen LogP contribution in [-0.2, 0) is 11.3 Å². The van der Waals surface area contributed by atoms with E-state index >= 15 is 0 Å². The van der Waals surface area contributed by atoms with Gasteiger partial charge >= 0.3 is 5.97 Å². The van der Waals surface area contributed by atoms with Gasteiger partial charge in [-0.15, -0.1) is 0 Å². The second-order valence-corrected chi connectivity index (χ2v) is 5.48. The van der Waals surface area contributed by atoms with Crippen molar-refractivity contribution < 1.29 is 13.9 Å². The van der Waals surface area contributed by atoms with E-state index in [4.69, 9.17) is 4.74 Å². The number of fused-ring (bicyclic) bond motifs is 1. The molecule has 0 N–H and O–H groups in total. The summed E-state index contributed by atoms with van der Waals surface area (Å²) in [5, 5.41) is 0.879. The molecule has 3 nitrogen and oxygen atoms in total. The molecule has 0 saturated carbocycles. The predicted molar refractivity (Wildman–Crippen MR) is 88.0 cm³/mol. The average molecular weight is 311 g/mol. The molecule has 0 bridgehead atoms. The van der Waals surface area contributed by atoms with Gasteiger partial charge in [0, 0.05) is 23.6 Å². The van der Waals surface area contributed by atoms with Gasteiger partial charge in [-0.25, -0.2) is 9.18 Å². The van der Waals surface area contributed by atoms with E-state index in [0.29, 0.717) is 18.7 Å². The molecular weight excluding hydrogens is 293 g/mol. The van der Waals surface area contributed by atoms with E-state index in [1.165, 1.54) is 12.1 Å². The first kappa shape index (κ1) is 15.3. The molecule has 2 aromatic carbocycles. The number of aromatic nitrogens is 1. The summed E-state index contributed by atoms with van der Waals surface area (Å²) >= 11 is 0. The van der Waals surface area contributed by atoms with E-state index in [0.717, 1.165) is 22.9 Å². The molecule has 1 heterocycles. The molecule has 0 aliphatic carbocycles. The Morgan fingerprint density at radius 1 is 1.13 bits per heavy atom. The highest BCUT2D eigenvalue weighted by molar-refractivity contribution is 5.89. The van der Waals surface area contributed by atoms with Crippen LogP contribution in [-0.4, -0.2) is 17.1 Å². The minimum atomic E-state index is -0.291. The van der Waals surface area contributed by atoms with Crippen LogP contribution in [0.5, 0.6) is 0 Å². The molecule has 0 fully saturated rings. The number of hydrogen-bond donors (Lipinski definition) is 0. The minimum absolute atomic E-state index is 0.231. The smallest absolute Gasteiger partial charge is 0.338 e. The van der Waals surface area contributed by atoms with E-state index < -0.39 is 0 Å². The molecule has 4 heteroatoms. The lowest BCUT2D eigenvalue weighted by molar-refractivity contribution is 0.0505. The summed E-state index contributed by atoms with van der Waals surface area (Å²) < 4.78 is 20.4. The quantitative estimate of drug-likeness (QED) is 0.654.